The van der Waals surface area contributed by atoms with Crippen molar-refractivity contribution in [2.45, 2.75) is 13.0 Å². The highest BCUT2D eigenvalue weighted by molar-refractivity contribution is 6.38. The summed E-state index contributed by atoms with van der Waals surface area (Å²) in [5.74, 6) is -5.10. The lowest BCUT2D eigenvalue weighted by molar-refractivity contribution is -0.146. The van der Waals surface area contributed by atoms with Crippen molar-refractivity contribution in [3.05, 3.63) is 111 Å². The van der Waals surface area contributed by atoms with Crippen LogP contribution in [-0.2, 0) is 22.6 Å². The molecule has 0 saturated heterocycles. The molecule has 3 rings (SSSR count). The van der Waals surface area contributed by atoms with Crippen molar-refractivity contribution in [2.75, 3.05) is 0 Å². The Hall–Kier alpha value is -4.07. The molecule has 0 aliphatic heterocycles. The van der Waals surface area contributed by atoms with Gasteiger partial charge in [-0.25, -0.2) is 13.6 Å². The Labute approximate surface area is 175 Å². The first kappa shape index (κ1) is 21.6. The van der Waals surface area contributed by atoms with Crippen molar-refractivity contribution >= 4 is 17.5 Å². The molecule has 0 bridgehead atoms. The maximum Gasteiger partial charge on any atom is 0.376 e. The smallest absolute Gasteiger partial charge is 0.376 e. The first-order valence-electron chi connectivity index (χ1n) is 9.14. The zero-order chi connectivity index (χ0) is 22.5. The average molecular weight is 425 g/mol. The second-order valence-electron chi connectivity index (χ2n) is 6.75. The normalized spacial score (nSPS) is 11.4. The number of halogens is 2. The number of benzene rings is 2. The lowest BCUT2D eigenvalue weighted by Crippen LogP contribution is -2.25. The first-order chi connectivity index (χ1) is 14.8. The molecule has 3 aromatic rings. The molecule has 2 aromatic carbocycles. The van der Waals surface area contributed by atoms with Gasteiger partial charge in [-0.2, -0.15) is 0 Å². The van der Waals surface area contributed by atoms with Crippen molar-refractivity contribution in [2.24, 2.45) is 0 Å². The van der Waals surface area contributed by atoms with Crippen LogP contribution in [0.2, 0.25) is 0 Å². The molecule has 0 spiro atoms. The molecule has 158 valence electrons. The van der Waals surface area contributed by atoms with E-state index in [0.717, 1.165) is 4.57 Å². The average Bonchev–Trinajstić information content (AvgIpc) is 2.73. The Balaban J connectivity index is 2.12. The van der Waals surface area contributed by atoms with Gasteiger partial charge in [0.15, 0.2) is 0 Å². The number of nitrogens with zero attached hydrogens (tertiary/aromatic N) is 1. The van der Waals surface area contributed by atoms with E-state index in [1.165, 1.54) is 42.6 Å². The summed E-state index contributed by atoms with van der Waals surface area (Å²) in [6.07, 6.45) is 1.85. The fourth-order valence-corrected chi connectivity index (χ4v) is 3.03. The number of carbonyl (C=O) groups excluding carboxylic acids is 1. The highest BCUT2D eigenvalue weighted by Crippen LogP contribution is 2.17. The molecule has 0 saturated carbocycles. The third-order valence-corrected chi connectivity index (χ3v) is 4.55. The fraction of sp³-hybridized carbons (Fsp3) is 0.0870. The maximum atomic E-state index is 14.1. The largest absolute Gasteiger partial charge is 0.507 e. The van der Waals surface area contributed by atoms with Gasteiger partial charge in [-0.1, -0.05) is 36.4 Å². The standard InChI is InChI=1S/C23H17F2NO5/c24-18-7-3-1-5-15(18)9-14-10-17(20(27)11-21(28)23(30)31)22(29)26(12-14)13-16-6-2-4-8-19(16)25/h1-8,10-12,27H,9,13H2,(H,30,31)/b20-11-. The zero-order valence-electron chi connectivity index (χ0n) is 16.1. The van der Waals surface area contributed by atoms with E-state index in [1.807, 2.05) is 0 Å². The van der Waals surface area contributed by atoms with Gasteiger partial charge in [0.1, 0.15) is 17.4 Å². The number of aliphatic hydroxyl groups is 1. The number of carboxylic acid groups (broad SMARTS) is 1. The van der Waals surface area contributed by atoms with Gasteiger partial charge in [-0.15, -0.1) is 0 Å². The van der Waals surface area contributed by atoms with Crippen LogP contribution in [0.1, 0.15) is 22.3 Å². The first-order valence-corrected chi connectivity index (χ1v) is 9.14. The van der Waals surface area contributed by atoms with Crippen molar-refractivity contribution in [1.82, 2.24) is 4.57 Å². The number of aliphatic carboxylic acids is 1. The van der Waals surface area contributed by atoms with E-state index < -0.39 is 34.7 Å². The van der Waals surface area contributed by atoms with E-state index in [9.17, 15) is 28.3 Å². The molecule has 1 heterocycles. The second-order valence-corrected chi connectivity index (χ2v) is 6.75. The summed E-state index contributed by atoms with van der Waals surface area (Å²) in [7, 11) is 0. The molecule has 0 radical (unpaired) electrons. The number of carboxylic acids is 1. The van der Waals surface area contributed by atoms with Gasteiger partial charge in [0, 0.05) is 24.3 Å². The number of aromatic nitrogens is 1. The minimum absolute atomic E-state index is 0.0391. The summed E-state index contributed by atoms with van der Waals surface area (Å²) in [6.45, 7) is -0.191. The summed E-state index contributed by atoms with van der Waals surface area (Å²) in [4.78, 5) is 35.1. The Morgan fingerprint density at radius 3 is 2.10 bits per heavy atom. The summed E-state index contributed by atoms with van der Waals surface area (Å²) in [6, 6.07) is 13.0. The maximum absolute atomic E-state index is 14.1. The van der Waals surface area contributed by atoms with Crippen molar-refractivity contribution in [1.29, 1.82) is 0 Å². The highest BCUT2D eigenvalue weighted by Gasteiger charge is 2.16. The Morgan fingerprint density at radius 2 is 1.52 bits per heavy atom. The molecule has 0 unspecified atom stereocenters. The summed E-state index contributed by atoms with van der Waals surface area (Å²) in [5, 5.41) is 19.0. The third-order valence-electron chi connectivity index (χ3n) is 4.55. The van der Waals surface area contributed by atoms with E-state index in [2.05, 4.69) is 0 Å². The zero-order valence-corrected chi connectivity index (χ0v) is 16.1. The minimum Gasteiger partial charge on any atom is -0.507 e. The predicted octanol–water partition coefficient (Wildman–Crippen LogP) is 3.32. The summed E-state index contributed by atoms with van der Waals surface area (Å²) in [5.41, 5.74) is -0.232. The molecule has 1 aromatic heterocycles. The van der Waals surface area contributed by atoms with E-state index in [1.54, 1.807) is 18.2 Å². The van der Waals surface area contributed by atoms with Crippen LogP contribution in [0.25, 0.3) is 5.76 Å². The van der Waals surface area contributed by atoms with Crippen molar-refractivity contribution in [3.8, 4) is 0 Å². The Bertz CT molecular complexity index is 1250. The van der Waals surface area contributed by atoms with Crippen LogP contribution < -0.4 is 5.56 Å². The topological polar surface area (TPSA) is 96.6 Å². The molecule has 0 amide bonds. The highest BCUT2D eigenvalue weighted by atomic mass is 19.1. The molecule has 0 aliphatic carbocycles. The molecule has 6 nitrogen and oxygen atoms in total. The molecule has 8 heteroatoms. The van der Waals surface area contributed by atoms with Gasteiger partial charge < -0.3 is 14.8 Å². The number of ketones is 1. The molecule has 31 heavy (non-hydrogen) atoms. The number of hydrogen-bond acceptors (Lipinski definition) is 4. The SMILES string of the molecule is O=C(O)C(=O)/C=C(\O)c1cc(Cc2ccccc2F)cn(Cc2ccccc2F)c1=O. The molecule has 0 atom stereocenters. The molecule has 0 aliphatic rings. The number of rotatable bonds is 7. The van der Waals surface area contributed by atoms with Gasteiger partial charge in [-0.05, 0) is 29.3 Å². The van der Waals surface area contributed by atoms with Crippen LogP contribution in [0.4, 0.5) is 8.78 Å². The number of hydrogen-bond donors (Lipinski definition) is 2. The Kier molecular flexibility index (Phi) is 6.40. The van der Waals surface area contributed by atoms with Gasteiger partial charge in [0.25, 0.3) is 11.3 Å². The van der Waals surface area contributed by atoms with Crippen molar-refractivity contribution in [3.63, 3.8) is 0 Å². The van der Waals surface area contributed by atoms with E-state index in [0.29, 0.717) is 17.2 Å². The van der Waals surface area contributed by atoms with Crippen LogP contribution in [0.3, 0.4) is 0 Å². The van der Waals surface area contributed by atoms with Gasteiger partial charge in [0.2, 0.25) is 0 Å². The van der Waals surface area contributed by atoms with Gasteiger partial charge in [0.05, 0.1) is 12.1 Å². The van der Waals surface area contributed by atoms with E-state index in [-0.39, 0.29) is 24.1 Å². The monoisotopic (exact) mass is 425 g/mol. The van der Waals surface area contributed by atoms with Crippen LogP contribution >= 0.6 is 0 Å². The second kappa shape index (κ2) is 9.17. The molecule has 0 fully saturated rings. The summed E-state index contributed by atoms with van der Waals surface area (Å²) < 4.78 is 29.3. The van der Waals surface area contributed by atoms with Gasteiger partial charge >= 0.3 is 5.97 Å². The Morgan fingerprint density at radius 1 is 0.935 bits per heavy atom. The lowest BCUT2D eigenvalue weighted by atomic mass is 10.0. The molecular weight excluding hydrogens is 408 g/mol. The van der Waals surface area contributed by atoms with Crippen LogP contribution in [-0.4, -0.2) is 26.5 Å². The van der Waals surface area contributed by atoms with Gasteiger partial charge in [-0.3, -0.25) is 9.59 Å². The predicted molar refractivity (Wildman–Crippen MR) is 109 cm³/mol. The molecule has 2 N–H and O–H groups in total. The third kappa shape index (κ3) is 5.11. The van der Waals surface area contributed by atoms with Crippen LogP contribution in [0.15, 0.2) is 71.7 Å². The van der Waals surface area contributed by atoms with E-state index >= 15 is 0 Å². The van der Waals surface area contributed by atoms with E-state index in [4.69, 9.17) is 5.11 Å². The summed E-state index contributed by atoms with van der Waals surface area (Å²) >= 11 is 0. The number of aliphatic hydroxyl groups excluding tert-OH is 1. The lowest BCUT2D eigenvalue weighted by Gasteiger charge is -2.13. The quantitative estimate of drug-likeness (QED) is 0.344. The van der Waals surface area contributed by atoms with Crippen LogP contribution in [0.5, 0.6) is 0 Å². The van der Waals surface area contributed by atoms with Crippen molar-refractivity contribution < 1.29 is 28.6 Å². The van der Waals surface area contributed by atoms with Crippen LogP contribution in [0, 0.1) is 11.6 Å². The molecular formula is C23H17F2NO5. The fourth-order valence-electron chi connectivity index (χ4n) is 3.03. The number of carbonyl (C=O) groups is 2. The number of pyridine rings is 1. The minimum atomic E-state index is -1.80.